The lowest BCUT2D eigenvalue weighted by Gasteiger charge is -2.37. The van der Waals surface area contributed by atoms with Crippen molar-refractivity contribution in [2.24, 2.45) is 0 Å². The van der Waals surface area contributed by atoms with Crippen LogP contribution in [-0.4, -0.2) is 62.4 Å². The molecule has 0 aliphatic carbocycles. The Morgan fingerprint density at radius 1 is 1.25 bits per heavy atom. The molecule has 0 aliphatic heterocycles. The number of aliphatic hydroxyl groups is 1. The van der Waals surface area contributed by atoms with Gasteiger partial charge in [0.15, 0.2) is 0 Å². The van der Waals surface area contributed by atoms with Crippen LogP contribution in [-0.2, 0) is 9.39 Å². The number of benzene rings is 1. The van der Waals surface area contributed by atoms with Crippen LogP contribution in [0.25, 0.3) is 0 Å². The Morgan fingerprint density at radius 2 is 1.97 bits per heavy atom. The van der Waals surface area contributed by atoms with Crippen molar-refractivity contribution in [3.8, 4) is 17.7 Å². The molecular weight excluding hydrogens is 409 g/mol. The van der Waals surface area contributed by atoms with Crippen molar-refractivity contribution in [3.05, 3.63) is 41.5 Å². The van der Waals surface area contributed by atoms with Crippen LogP contribution >= 0.6 is 0 Å². The molecule has 32 heavy (non-hydrogen) atoms. The minimum Gasteiger partial charge on any atom is -0.439 e. The maximum absolute atomic E-state index is 11.6. The smallest absolute Gasteiger partial charge is 0.331 e. The Kier molecular flexibility index (Phi) is 8.39. The standard InChI is InChI=1S/C23H29BN3O5/c1-22(2,29)23(3,4)32-24-19-9-8-18(13-17(19)15-28)31-20-10-7-16(14-25)21(26-20)27(5)11-12-30-6/h7-10,13,15,29H,11-12H2,1-6H3. The average molecular weight is 438 g/mol. The maximum Gasteiger partial charge on any atom is 0.331 e. The van der Waals surface area contributed by atoms with Crippen molar-refractivity contribution >= 4 is 25.0 Å². The van der Waals surface area contributed by atoms with E-state index in [1.165, 1.54) is 7.48 Å². The molecule has 9 heteroatoms. The first-order valence-electron chi connectivity index (χ1n) is 10.1. The van der Waals surface area contributed by atoms with Gasteiger partial charge in [0.05, 0.1) is 23.4 Å². The maximum atomic E-state index is 11.6. The summed E-state index contributed by atoms with van der Waals surface area (Å²) in [5, 5.41) is 19.6. The third-order valence-corrected chi connectivity index (χ3v) is 5.32. The Hall–Kier alpha value is -2.93. The fourth-order valence-electron chi connectivity index (χ4n) is 2.50. The predicted octanol–water partition coefficient (Wildman–Crippen LogP) is 2.45. The van der Waals surface area contributed by atoms with E-state index in [1.807, 2.05) is 11.9 Å². The molecule has 0 saturated heterocycles. The number of anilines is 1. The summed E-state index contributed by atoms with van der Waals surface area (Å²) < 4.78 is 16.7. The number of nitrogens with zero attached hydrogens (tertiary/aromatic N) is 3. The third kappa shape index (κ3) is 6.30. The van der Waals surface area contributed by atoms with Crippen molar-refractivity contribution in [2.45, 2.75) is 38.9 Å². The number of aromatic nitrogens is 1. The molecule has 2 aromatic rings. The Labute approximate surface area is 190 Å². The van der Waals surface area contributed by atoms with E-state index < -0.39 is 11.2 Å². The number of aldehydes is 1. The van der Waals surface area contributed by atoms with E-state index in [2.05, 4.69) is 11.1 Å². The lowest BCUT2D eigenvalue weighted by Crippen LogP contribution is -2.49. The first-order chi connectivity index (χ1) is 15.0. The molecule has 0 fully saturated rings. The van der Waals surface area contributed by atoms with E-state index in [0.717, 1.165) is 0 Å². The van der Waals surface area contributed by atoms with Crippen LogP contribution in [0.4, 0.5) is 5.82 Å². The van der Waals surface area contributed by atoms with Gasteiger partial charge in [-0.3, -0.25) is 4.79 Å². The summed E-state index contributed by atoms with van der Waals surface area (Å²) in [4.78, 5) is 17.9. The number of pyridine rings is 1. The van der Waals surface area contributed by atoms with Gasteiger partial charge in [-0.25, -0.2) is 0 Å². The second-order valence-electron chi connectivity index (χ2n) is 8.36. The van der Waals surface area contributed by atoms with Gasteiger partial charge >= 0.3 is 7.48 Å². The molecule has 1 aromatic carbocycles. The van der Waals surface area contributed by atoms with Crippen LogP contribution in [0.2, 0.25) is 0 Å². The second-order valence-corrected chi connectivity index (χ2v) is 8.36. The van der Waals surface area contributed by atoms with Crippen molar-refractivity contribution in [3.63, 3.8) is 0 Å². The lowest BCUT2D eigenvalue weighted by molar-refractivity contribution is -0.0893. The number of rotatable bonds is 11. The van der Waals surface area contributed by atoms with Gasteiger partial charge in [0.2, 0.25) is 5.88 Å². The van der Waals surface area contributed by atoms with Crippen molar-refractivity contribution in [2.75, 3.05) is 32.2 Å². The van der Waals surface area contributed by atoms with Gasteiger partial charge < -0.3 is 24.1 Å². The van der Waals surface area contributed by atoms with Gasteiger partial charge in [0, 0.05) is 32.3 Å². The fraction of sp³-hybridized carbons (Fsp3) is 0.435. The zero-order valence-electron chi connectivity index (χ0n) is 19.4. The first kappa shape index (κ1) is 25.3. The van der Waals surface area contributed by atoms with Gasteiger partial charge in [0.25, 0.3) is 0 Å². The SMILES string of the molecule is COCCN(C)c1nc(Oc2ccc([B]OC(C)(C)C(C)(C)O)c(C=O)c2)ccc1C#N. The Morgan fingerprint density at radius 3 is 2.56 bits per heavy atom. The van der Waals surface area contributed by atoms with Gasteiger partial charge in [-0.15, -0.1) is 0 Å². The number of carbonyl (C=O) groups excluding carboxylic acids is 1. The van der Waals surface area contributed by atoms with E-state index in [1.54, 1.807) is 65.1 Å². The molecule has 0 spiro atoms. The highest BCUT2D eigenvalue weighted by Crippen LogP contribution is 2.26. The molecule has 1 radical (unpaired) electrons. The molecule has 0 bridgehead atoms. The van der Waals surface area contributed by atoms with E-state index in [9.17, 15) is 15.2 Å². The molecule has 0 unspecified atom stereocenters. The third-order valence-electron chi connectivity index (χ3n) is 5.32. The van der Waals surface area contributed by atoms with Crippen LogP contribution in [0, 0.1) is 11.3 Å². The normalized spacial score (nSPS) is 11.6. The van der Waals surface area contributed by atoms with E-state index in [4.69, 9.17) is 14.1 Å². The number of likely N-dealkylation sites (N-methyl/N-ethyl adjacent to an activating group) is 1. The fourth-order valence-corrected chi connectivity index (χ4v) is 2.50. The minimum atomic E-state index is -1.08. The van der Waals surface area contributed by atoms with Crippen LogP contribution in [0.1, 0.15) is 43.6 Å². The van der Waals surface area contributed by atoms with Crippen LogP contribution in [0.15, 0.2) is 30.3 Å². The monoisotopic (exact) mass is 438 g/mol. The number of ether oxygens (including phenoxy) is 2. The highest BCUT2D eigenvalue weighted by atomic mass is 16.5. The molecule has 0 aliphatic rings. The van der Waals surface area contributed by atoms with Gasteiger partial charge in [-0.05, 0) is 51.4 Å². The second kappa shape index (κ2) is 10.6. The van der Waals surface area contributed by atoms with Crippen LogP contribution in [0.5, 0.6) is 11.6 Å². The van der Waals surface area contributed by atoms with E-state index in [-0.39, 0.29) is 5.88 Å². The summed E-state index contributed by atoms with van der Waals surface area (Å²) in [7, 11) is 4.87. The van der Waals surface area contributed by atoms with E-state index in [0.29, 0.717) is 47.6 Å². The predicted molar refractivity (Wildman–Crippen MR) is 123 cm³/mol. The Balaban J connectivity index is 2.22. The average Bonchev–Trinajstić information content (AvgIpc) is 2.75. The molecule has 0 saturated carbocycles. The number of carbonyl (C=O) groups is 1. The molecule has 1 N–H and O–H groups in total. The summed E-state index contributed by atoms with van der Waals surface area (Å²) in [6, 6.07) is 10.3. The van der Waals surface area contributed by atoms with Gasteiger partial charge in [-0.1, -0.05) is 6.07 Å². The van der Waals surface area contributed by atoms with Crippen LogP contribution in [0.3, 0.4) is 0 Å². The molecular formula is C23H29BN3O5. The zero-order valence-corrected chi connectivity index (χ0v) is 19.4. The van der Waals surface area contributed by atoms with Gasteiger partial charge in [-0.2, -0.15) is 10.2 Å². The summed E-state index contributed by atoms with van der Waals surface area (Å²) in [6.45, 7) is 7.89. The Bertz CT molecular complexity index is 983. The van der Waals surface area contributed by atoms with Crippen LogP contribution < -0.4 is 15.1 Å². The topological polar surface area (TPSA) is 105 Å². The largest absolute Gasteiger partial charge is 0.439 e. The molecule has 1 heterocycles. The highest BCUT2D eigenvalue weighted by molar-refractivity contribution is 6.49. The summed E-state index contributed by atoms with van der Waals surface area (Å²) in [5.74, 6) is 1.18. The molecule has 169 valence electrons. The summed E-state index contributed by atoms with van der Waals surface area (Å²) in [6.07, 6.45) is 0.704. The van der Waals surface area contributed by atoms with Crippen molar-refractivity contribution in [1.29, 1.82) is 5.26 Å². The number of methoxy groups -OCH3 is 1. The molecule has 0 atom stereocenters. The molecule has 8 nitrogen and oxygen atoms in total. The minimum absolute atomic E-state index is 0.288. The van der Waals surface area contributed by atoms with E-state index >= 15 is 0 Å². The summed E-state index contributed by atoms with van der Waals surface area (Å²) >= 11 is 0. The molecule has 1 aromatic heterocycles. The molecule has 2 rings (SSSR count). The zero-order chi connectivity index (χ0) is 23.9. The summed E-state index contributed by atoms with van der Waals surface area (Å²) in [5.41, 5.74) is -0.609. The number of nitriles is 1. The van der Waals surface area contributed by atoms with Gasteiger partial charge in [0.1, 0.15) is 23.9 Å². The highest BCUT2D eigenvalue weighted by Gasteiger charge is 2.35. The lowest BCUT2D eigenvalue weighted by atomic mass is 9.80. The van der Waals surface area contributed by atoms with Crippen molar-refractivity contribution in [1.82, 2.24) is 4.98 Å². The van der Waals surface area contributed by atoms with Crippen molar-refractivity contribution < 1.29 is 24.0 Å². The molecule has 0 amide bonds. The first-order valence-corrected chi connectivity index (χ1v) is 10.1. The number of hydrogen-bond donors (Lipinski definition) is 1. The number of hydrogen-bond acceptors (Lipinski definition) is 8. The quantitative estimate of drug-likeness (QED) is 0.422.